The van der Waals surface area contributed by atoms with E-state index < -0.39 is 24.9 Å². The lowest BCUT2D eigenvalue weighted by Gasteiger charge is -2.13. The summed E-state index contributed by atoms with van der Waals surface area (Å²) in [6, 6.07) is 28.0. The maximum Gasteiger partial charge on any atom is 0.573 e. The molecule has 0 aliphatic heterocycles. The van der Waals surface area contributed by atoms with E-state index in [9.17, 15) is 36.6 Å². The fourth-order valence-corrected chi connectivity index (χ4v) is 3.36. The van der Waals surface area contributed by atoms with Gasteiger partial charge in [0.1, 0.15) is 23.7 Å². The van der Waals surface area contributed by atoms with Gasteiger partial charge in [0.2, 0.25) is 0 Å². The first-order chi connectivity index (χ1) is 17.9. The van der Waals surface area contributed by atoms with Crippen molar-refractivity contribution in [2.75, 3.05) is 0 Å². The molecule has 0 saturated carbocycles. The molecule has 0 aliphatic carbocycles. The Labute approximate surface area is 214 Å². The van der Waals surface area contributed by atoms with Gasteiger partial charge in [-0.05, 0) is 46.5 Å². The number of alkyl halides is 6. The van der Waals surface area contributed by atoms with Crippen molar-refractivity contribution in [3.63, 3.8) is 0 Å². The minimum absolute atomic E-state index is 0.309. The summed E-state index contributed by atoms with van der Waals surface area (Å²) in [4.78, 5) is 0. The largest absolute Gasteiger partial charge is 0.573 e. The van der Waals surface area contributed by atoms with Gasteiger partial charge in [-0.25, -0.2) is 0 Å². The van der Waals surface area contributed by atoms with Crippen LogP contribution in [0.25, 0.3) is 0 Å². The molecule has 10 heteroatoms. The molecule has 4 aromatic carbocycles. The quantitative estimate of drug-likeness (QED) is 0.253. The van der Waals surface area contributed by atoms with Crippen LogP contribution in [0.2, 0.25) is 0 Å². The average Bonchev–Trinajstić information content (AvgIpc) is 2.88. The number of aliphatic hydroxyl groups excluding tert-OH is 2. The molecular formula is C28H22F6O4. The summed E-state index contributed by atoms with van der Waals surface area (Å²) >= 11 is 0. The van der Waals surface area contributed by atoms with Crippen LogP contribution in [0, 0.1) is 0 Å². The van der Waals surface area contributed by atoms with Crippen LogP contribution in [0.4, 0.5) is 26.3 Å². The van der Waals surface area contributed by atoms with Gasteiger partial charge in [-0.3, -0.25) is 0 Å². The molecule has 0 amide bonds. The molecule has 0 aromatic heterocycles. The molecule has 0 heterocycles. The monoisotopic (exact) mass is 536 g/mol. The SMILES string of the molecule is OC(c1ccccc1)c1ccc(OC(F)(F)F)cc1.OC(c1ccccc1)c1ccc(OC(F)(F)F)cc1. The van der Waals surface area contributed by atoms with Gasteiger partial charge in [0.25, 0.3) is 0 Å². The Bertz CT molecular complexity index is 1140. The summed E-state index contributed by atoms with van der Waals surface area (Å²) in [5.41, 5.74) is 2.35. The predicted molar refractivity (Wildman–Crippen MR) is 127 cm³/mol. The first-order valence-corrected chi connectivity index (χ1v) is 11.1. The van der Waals surface area contributed by atoms with Crippen molar-refractivity contribution in [1.82, 2.24) is 0 Å². The van der Waals surface area contributed by atoms with Crippen LogP contribution < -0.4 is 9.47 Å². The Morgan fingerprint density at radius 3 is 0.947 bits per heavy atom. The zero-order valence-corrected chi connectivity index (χ0v) is 19.5. The van der Waals surface area contributed by atoms with Crippen LogP contribution in [-0.2, 0) is 0 Å². The van der Waals surface area contributed by atoms with Crippen molar-refractivity contribution < 1.29 is 46.0 Å². The Kier molecular flexibility index (Phi) is 9.38. The third-order valence-corrected chi connectivity index (χ3v) is 5.09. The van der Waals surface area contributed by atoms with Gasteiger partial charge in [0.05, 0.1) is 0 Å². The molecule has 2 N–H and O–H groups in total. The van der Waals surface area contributed by atoms with Crippen molar-refractivity contribution in [1.29, 1.82) is 0 Å². The molecule has 2 unspecified atom stereocenters. The molecule has 4 aromatic rings. The van der Waals surface area contributed by atoms with Gasteiger partial charge in [-0.1, -0.05) is 84.9 Å². The fourth-order valence-electron chi connectivity index (χ4n) is 3.36. The topological polar surface area (TPSA) is 58.9 Å². The fraction of sp³-hybridized carbons (Fsp3) is 0.143. The van der Waals surface area contributed by atoms with Gasteiger partial charge < -0.3 is 19.7 Å². The Hall–Kier alpha value is -4.02. The van der Waals surface area contributed by atoms with Gasteiger partial charge in [0, 0.05) is 0 Å². The van der Waals surface area contributed by atoms with Crippen LogP contribution in [0.5, 0.6) is 11.5 Å². The first kappa shape index (κ1) is 28.5. The molecule has 0 aliphatic rings. The number of aliphatic hydroxyl groups is 2. The van der Waals surface area contributed by atoms with E-state index in [0.29, 0.717) is 22.3 Å². The first-order valence-electron chi connectivity index (χ1n) is 11.1. The number of benzene rings is 4. The smallest absolute Gasteiger partial charge is 0.406 e. The number of hydrogen-bond donors (Lipinski definition) is 2. The second kappa shape index (κ2) is 12.5. The predicted octanol–water partition coefficient (Wildman–Crippen LogP) is 7.33. The maximum absolute atomic E-state index is 12.0. The third kappa shape index (κ3) is 9.13. The summed E-state index contributed by atoms with van der Waals surface area (Å²) in [5, 5.41) is 20.1. The minimum atomic E-state index is -4.71. The molecule has 4 rings (SSSR count). The molecule has 4 nitrogen and oxygen atoms in total. The van der Waals surface area contributed by atoms with Crippen molar-refractivity contribution in [2.45, 2.75) is 24.9 Å². The van der Waals surface area contributed by atoms with Crippen LogP contribution >= 0.6 is 0 Å². The molecular weight excluding hydrogens is 514 g/mol. The zero-order valence-electron chi connectivity index (χ0n) is 19.5. The highest BCUT2D eigenvalue weighted by Gasteiger charge is 2.31. The molecule has 200 valence electrons. The van der Waals surface area contributed by atoms with E-state index in [1.54, 1.807) is 48.5 Å². The van der Waals surface area contributed by atoms with Gasteiger partial charge >= 0.3 is 12.7 Å². The molecule has 0 saturated heterocycles. The Balaban J connectivity index is 0.000000211. The minimum Gasteiger partial charge on any atom is -0.406 e. The number of hydrogen-bond acceptors (Lipinski definition) is 4. The van der Waals surface area contributed by atoms with E-state index in [4.69, 9.17) is 0 Å². The molecule has 0 fully saturated rings. The molecule has 0 spiro atoms. The zero-order chi connectivity index (χ0) is 27.8. The number of ether oxygens (including phenoxy) is 2. The van der Waals surface area contributed by atoms with Crippen LogP contribution in [-0.4, -0.2) is 22.9 Å². The normalized spacial score (nSPS) is 13.1. The van der Waals surface area contributed by atoms with Crippen LogP contribution in [0.3, 0.4) is 0 Å². The van der Waals surface area contributed by atoms with Gasteiger partial charge in [-0.15, -0.1) is 26.3 Å². The highest BCUT2D eigenvalue weighted by molar-refractivity contribution is 5.35. The molecule has 38 heavy (non-hydrogen) atoms. The summed E-state index contributed by atoms with van der Waals surface area (Å²) in [6.45, 7) is 0. The standard InChI is InChI=1S/2C14H11F3O2/c2*15-14(16,17)19-12-8-6-11(7-9-12)13(18)10-4-2-1-3-5-10/h2*1-9,13,18H. The summed E-state index contributed by atoms with van der Waals surface area (Å²) in [6.07, 6.45) is -11.2. The summed E-state index contributed by atoms with van der Waals surface area (Å²) < 4.78 is 79.5. The van der Waals surface area contributed by atoms with Crippen molar-refractivity contribution >= 4 is 0 Å². The molecule has 0 radical (unpaired) electrons. The molecule has 2 atom stereocenters. The summed E-state index contributed by atoms with van der Waals surface area (Å²) in [5.74, 6) is -0.618. The van der Waals surface area contributed by atoms with Crippen LogP contribution in [0.1, 0.15) is 34.5 Å². The van der Waals surface area contributed by atoms with E-state index in [1.807, 2.05) is 12.1 Å². The van der Waals surface area contributed by atoms with Crippen LogP contribution in [0.15, 0.2) is 109 Å². The Morgan fingerprint density at radius 1 is 0.421 bits per heavy atom. The van der Waals surface area contributed by atoms with Crippen molar-refractivity contribution in [3.05, 3.63) is 131 Å². The van der Waals surface area contributed by atoms with Gasteiger partial charge in [0.15, 0.2) is 0 Å². The second-order valence-corrected chi connectivity index (χ2v) is 7.86. The second-order valence-electron chi connectivity index (χ2n) is 7.86. The highest BCUT2D eigenvalue weighted by atomic mass is 19.4. The van der Waals surface area contributed by atoms with Crippen molar-refractivity contribution in [2.24, 2.45) is 0 Å². The van der Waals surface area contributed by atoms with E-state index in [-0.39, 0.29) is 11.5 Å². The number of halogens is 6. The lowest BCUT2D eigenvalue weighted by Crippen LogP contribution is -2.17. The van der Waals surface area contributed by atoms with Crippen molar-refractivity contribution in [3.8, 4) is 11.5 Å². The van der Waals surface area contributed by atoms with E-state index in [1.165, 1.54) is 48.5 Å². The molecule has 0 bridgehead atoms. The Morgan fingerprint density at radius 2 is 0.684 bits per heavy atom. The lowest BCUT2D eigenvalue weighted by atomic mass is 10.0. The third-order valence-electron chi connectivity index (χ3n) is 5.09. The average molecular weight is 536 g/mol. The maximum atomic E-state index is 12.0. The van der Waals surface area contributed by atoms with E-state index >= 15 is 0 Å². The lowest BCUT2D eigenvalue weighted by molar-refractivity contribution is -0.275. The van der Waals surface area contributed by atoms with Gasteiger partial charge in [-0.2, -0.15) is 0 Å². The number of rotatable bonds is 6. The van der Waals surface area contributed by atoms with E-state index in [2.05, 4.69) is 9.47 Å². The van der Waals surface area contributed by atoms with E-state index in [0.717, 1.165) is 0 Å². The summed E-state index contributed by atoms with van der Waals surface area (Å²) in [7, 11) is 0. The highest BCUT2D eigenvalue weighted by Crippen LogP contribution is 2.28.